The second kappa shape index (κ2) is 4.63. The third kappa shape index (κ3) is 2.84. The third-order valence-electron chi connectivity index (χ3n) is 3.03. The van der Waals surface area contributed by atoms with E-state index in [1.807, 2.05) is 20.8 Å². The van der Waals surface area contributed by atoms with Gasteiger partial charge in [0.1, 0.15) is 11.6 Å². The van der Waals surface area contributed by atoms with Crippen molar-refractivity contribution in [2.45, 2.75) is 52.2 Å². The maximum Gasteiger partial charge on any atom is 0.329 e. The minimum absolute atomic E-state index is 0.170. The van der Waals surface area contributed by atoms with E-state index in [1.54, 1.807) is 0 Å². The molecule has 0 unspecified atom stereocenters. The molecular weight excluding hydrogens is 226 g/mol. The normalized spacial score (nSPS) is 18.1. The smallest absolute Gasteiger partial charge is 0.329 e. The van der Waals surface area contributed by atoms with Crippen molar-refractivity contribution in [2.75, 3.05) is 5.32 Å². The molecule has 0 saturated heterocycles. The van der Waals surface area contributed by atoms with Gasteiger partial charge in [0.15, 0.2) is 0 Å². The van der Waals surface area contributed by atoms with Gasteiger partial charge in [-0.1, -0.05) is 19.1 Å². The van der Waals surface area contributed by atoms with E-state index in [1.165, 1.54) is 11.1 Å². The number of nitrogens with one attached hydrogen (secondary N) is 1. The van der Waals surface area contributed by atoms with Gasteiger partial charge in [0.25, 0.3) is 0 Å². The quantitative estimate of drug-likeness (QED) is 0.817. The standard InChI is InChI=1S/C15H21NO2/c1-5-10-6-7-11-9-13(16-12(11)8-10)14(17)18-15(2,3)4/h6-8,13,16H,5,9H2,1-4H3/t13-/m1/s1. The van der Waals surface area contributed by atoms with Gasteiger partial charge in [0.05, 0.1) is 0 Å². The average Bonchev–Trinajstić information content (AvgIpc) is 2.69. The fraction of sp³-hybridized carbons (Fsp3) is 0.533. The van der Waals surface area contributed by atoms with Crippen LogP contribution in [0.25, 0.3) is 0 Å². The first kappa shape index (κ1) is 12.9. The third-order valence-corrected chi connectivity index (χ3v) is 3.03. The number of carbonyl (C=O) groups is 1. The number of ether oxygens (including phenoxy) is 1. The van der Waals surface area contributed by atoms with Crippen LogP contribution in [0.1, 0.15) is 38.8 Å². The van der Waals surface area contributed by atoms with E-state index in [0.29, 0.717) is 6.42 Å². The highest BCUT2D eigenvalue weighted by atomic mass is 16.6. The highest BCUT2D eigenvalue weighted by molar-refractivity contribution is 5.83. The van der Waals surface area contributed by atoms with Gasteiger partial charge in [-0.05, 0) is 44.4 Å². The van der Waals surface area contributed by atoms with Crippen LogP contribution < -0.4 is 5.32 Å². The van der Waals surface area contributed by atoms with Gasteiger partial charge in [-0.15, -0.1) is 0 Å². The number of anilines is 1. The minimum atomic E-state index is -0.428. The Morgan fingerprint density at radius 3 is 2.78 bits per heavy atom. The highest BCUT2D eigenvalue weighted by Gasteiger charge is 2.30. The summed E-state index contributed by atoms with van der Waals surface area (Å²) in [6.07, 6.45) is 1.72. The van der Waals surface area contributed by atoms with Gasteiger partial charge in [-0.3, -0.25) is 0 Å². The zero-order valence-electron chi connectivity index (χ0n) is 11.5. The molecule has 0 fully saturated rings. The summed E-state index contributed by atoms with van der Waals surface area (Å²) in [4.78, 5) is 12.0. The molecule has 0 radical (unpaired) electrons. The second-order valence-corrected chi connectivity index (χ2v) is 5.78. The molecule has 1 aromatic rings. The summed E-state index contributed by atoms with van der Waals surface area (Å²) >= 11 is 0. The molecule has 1 atom stereocenters. The molecule has 0 aliphatic carbocycles. The van der Waals surface area contributed by atoms with Crippen LogP contribution in [0.3, 0.4) is 0 Å². The van der Waals surface area contributed by atoms with Crippen LogP contribution in [0, 0.1) is 0 Å². The molecule has 0 amide bonds. The number of fused-ring (bicyclic) bond motifs is 1. The largest absolute Gasteiger partial charge is 0.458 e. The number of esters is 1. The molecule has 0 bridgehead atoms. The molecule has 0 saturated carbocycles. The van der Waals surface area contributed by atoms with Crippen molar-refractivity contribution in [3.05, 3.63) is 29.3 Å². The minimum Gasteiger partial charge on any atom is -0.458 e. The Labute approximate surface area is 109 Å². The maximum atomic E-state index is 12.0. The lowest BCUT2D eigenvalue weighted by Crippen LogP contribution is -2.35. The Kier molecular flexibility index (Phi) is 3.33. The van der Waals surface area contributed by atoms with Crippen LogP contribution in [0.2, 0.25) is 0 Å². The second-order valence-electron chi connectivity index (χ2n) is 5.78. The molecule has 3 nitrogen and oxygen atoms in total. The molecule has 1 aliphatic rings. The van der Waals surface area contributed by atoms with Gasteiger partial charge in [-0.25, -0.2) is 4.79 Å². The number of rotatable bonds is 2. The summed E-state index contributed by atoms with van der Waals surface area (Å²) in [6.45, 7) is 7.80. The predicted octanol–water partition coefficient (Wildman–Crippen LogP) is 2.93. The first-order valence-electron chi connectivity index (χ1n) is 6.50. The summed E-state index contributed by atoms with van der Waals surface area (Å²) < 4.78 is 5.41. The zero-order valence-corrected chi connectivity index (χ0v) is 11.5. The maximum absolute atomic E-state index is 12.0. The Balaban J connectivity index is 2.08. The number of hydrogen-bond donors (Lipinski definition) is 1. The number of benzene rings is 1. The predicted molar refractivity (Wildman–Crippen MR) is 72.8 cm³/mol. The average molecular weight is 247 g/mol. The van der Waals surface area contributed by atoms with Crippen molar-refractivity contribution < 1.29 is 9.53 Å². The molecule has 98 valence electrons. The summed E-state index contributed by atoms with van der Waals surface area (Å²) in [5.74, 6) is -0.170. The lowest BCUT2D eigenvalue weighted by Gasteiger charge is -2.22. The zero-order chi connectivity index (χ0) is 13.3. The van der Waals surface area contributed by atoms with E-state index in [2.05, 4.69) is 30.4 Å². The number of hydrogen-bond acceptors (Lipinski definition) is 3. The summed E-state index contributed by atoms with van der Waals surface area (Å²) in [5, 5.41) is 3.26. The van der Waals surface area contributed by atoms with Crippen LogP contribution in [0.5, 0.6) is 0 Å². The van der Waals surface area contributed by atoms with Crippen LogP contribution >= 0.6 is 0 Å². The summed E-state index contributed by atoms with van der Waals surface area (Å²) in [7, 11) is 0. The summed E-state index contributed by atoms with van der Waals surface area (Å²) in [5.41, 5.74) is 3.13. The van der Waals surface area contributed by atoms with Crippen LogP contribution in [-0.2, 0) is 22.4 Å². The lowest BCUT2D eigenvalue weighted by molar-refractivity contribution is -0.155. The van der Waals surface area contributed by atoms with Crippen molar-refractivity contribution in [2.24, 2.45) is 0 Å². The first-order valence-corrected chi connectivity index (χ1v) is 6.50. The van der Waals surface area contributed by atoms with E-state index < -0.39 is 5.60 Å². The molecule has 18 heavy (non-hydrogen) atoms. The van der Waals surface area contributed by atoms with Gasteiger partial charge in [-0.2, -0.15) is 0 Å². The van der Waals surface area contributed by atoms with E-state index in [4.69, 9.17) is 4.74 Å². The Bertz CT molecular complexity index is 460. The van der Waals surface area contributed by atoms with Crippen LogP contribution in [0.4, 0.5) is 5.69 Å². The summed E-state index contributed by atoms with van der Waals surface area (Å²) in [6, 6.07) is 6.11. The molecule has 1 heterocycles. The van der Waals surface area contributed by atoms with Crippen LogP contribution in [-0.4, -0.2) is 17.6 Å². The van der Waals surface area contributed by atoms with E-state index >= 15 is 0 Å². The molecule has 0 spiro atoms. The highest BCUT2D eigenvalue weighted by Crippen LogP contribution is 2.28. The SMILES string of the molecule is CCc1ccc2c(c1)N[C@@H](C(=O)OC(C)(C)C)C2. The Morgan fingerprint density at radius 1 is 1.44 bits per heavy atom. The lowest BCUT2D eigenvalue weighted by atomic mass is 10.1. The molecule has 0 aromatic heterocycles. The van der Waals surface area contributed by atoms with Crippen molar-refractivity contribution in [1.82, 2.24) is 0 Å². The van der Waals surface area contributed by atoms with Crippen LogP contribution in [0.15, 0.2) is 18.2 Å². The van der Waals surface area contributed by atoms with E-state index in [0.717, 1.165) is 12.1 Å². The molecule has 1 aromatic carbocycles. The molecule has 1 aliphatic heterocycles. The molecule has 1 N–H and O–H groups in total. The topological polar surface area (TPSA) is 38.3 Å². The molecular formula is C15H21NO2. The fourth-order valence-electron chi connectivity index (χ4n) is 2.13. The van der Waals surface area contributed by atoms with E-state index in [-0.39, 0.29) is 12.0 Å². The van der Waals surface area contributed by atoms with Gasteiger partial charge in [0.2, 0.25) is 0 Å². The monoisotopic (exact) mass is 247 g/mol. The van der Waals surface area contributed by atoms with Crippen molar-refractivity contribution in [3.8, 4) is 0 Å². The molecule has 2 rings (SSSR count). The molecule has 3 heteroatoms. The Hall–Kier alpha value is -1.51. The van der Waals surface area contributed by atoms with Crippen molar-refractivity contribution >= 4 is 11.7 Å². The van der Waals surface area contributed by atoms with Crippen molar-refractivity contribution in [3.63, 3.8) is 0 Å². The fourth-order valence-corrected chi connectivity index (χ4v) is 2.13. The number of carbonyl (C=O) groups excluding carboxylic acids is 1. The van der Waals surface area contributed by atoms with E-state index in [9.17, 15) is 4.79 Å². The first-order chi connectivity index (χ1) is 8.39. The number of aryl methyl sites for hydroxylation is 1. The van der Waals surface area contributed by atoms with Crippen molar-refractivity contribution in [1.29, 1.82) is 0 Å². The van der Waals surface area contributed by atoms with Gasteiger partial charge < -0.3 is 10.1 Å². The van der Waals surface area contributed by atoms with Gasteiger partial charge in [0, 0.05) is 12.1 Å². The Morgan fingerprint density at radius 2 is 2.17 bits per heavy atom. The van der Waals surface area contributed by atoms with Gasteiger partial charge >= 0.3 is 5.97 Å².